The largest absolute Gasteiger partial charge is 0.348 e. The fraction of sp³-hybridized carbons (Fsp3) is 0.500. The summed E-state index contributed by atoms with van der Waals surface area (Å²) in [4.78, 5) is 8.36. The van der Waals surface area contributed by atoms with Crippen LogP contribution in [0.4, 0.5) is 5.95 Å². The maximum Gasteiger partial charge on any atom is 0.222 e. The Morgan fingerprint density at radius 2 is 2.15 bits per heavy atom. The molecule has 1 aliphatic rings. The van der Waals surface area contributed by atoms with Gasteiger partial charge in [0.2, 0.25) is 5.95 Å². The first-order valence-electron chi connectivity index (χ1n) is 7.06. The average molecular weight is 272 g/mol. The molecule has 0 atom stereocenters. The van der Waals surface area contributed by atoms with Crippen molar-refractivity contribution in [1.29, 1.82) is 0 Å². The van der Waals surface area contributed by atoms with E-state index in [-0.39, 0.29) is 0 Å². The molecule has 20 heavy (non-hydrogen) atoms. The first-order valence-corrected chi connectivity index (χ1v) is 7.06. The molecule has 0 radical (unpaired) electrons. The van der Waals surface area contributed by atoms with Crippen molar-refractivity contribution in [3.05, 3.63) is 35.4 Å². The molecule has 2 aromatic rings. The molecule has 0 fully saturated rings. The summed E-state index contributed by atoms with van der Waals surface area (Å²) in [7, 11) is 0. The van der Waals surface area contributed by atoms with Gasteiger partial charge in [-0.05, 0) is 32.9 Å². The van der Waals surface area contributed by atoms with Gasteiger partial charge in [0.15, 0.2) is 0 Å². The number of rotatable bonds is 4. The van der Waals surface area contributed by atoms with Crippen LogP contribution >= 0.6 is 0 Å². The number of aromatic nitrogens is 4. The van der Waals surface area contributed by atoms with Crippen LogP contribution in [0.15, 0.2) is 18.5 Å². The summed E-state index contributed by atoms with van der Waals surface area (Å²) in [5, 5.41) is 11.4. The minimum absolute atomic E-state index is 0.380. The van der Waals surface area contributed by atoms with E-state index in [0.717, 1.165) is 25.2 Å². The Hall–Kier alpha value is -1.95. The number of fused-ring (bicyclic) bond motifs is 1. The molecule has 3 heterocycles. The Bertz CT molecular complexity index is 575. The summed E-state index contributed by atoms with van der Waals surface area (Å²) in [6, 6.07) is 2.19. The van der Waals surface area contributed by atoms with Crippen molar-refractivity contribution in [2.75, 3.05) is 11.9 Å². The van der Waals surface area contributed by atoms with Gasteiger partial charge in [0, 0.05) is 30.5 Å². The van der Waals surface area contributed by atoms with Crippen molar-refractivity contribution < 1.29 is 0 Å². The molecule has 6 nitrogen and oxygen atoms in total. The molecule has 0 saturated heterocycles. The van der Waals surface area contributed by atoms with Crippen molar-refractivity contribution in [3.63, 3.8) is 0 Å². The van der Waals surface area contributed by atoms with Gasteiger partial charge in [-0.25, -0.2) is 9.97 Å². The minimum Gasteiger partial charge on any atom is -0.348 e. The van der Waals surface area contributed by atoms with Crippen LogP contribution in [0.1, 0.15) is 36.8 Å². The van der Waals surface area contributed by atoms with Crippen LogP contribution < -0.4 is 10.6 Å². The van der Waals surface area contributed by atoms with Gasteiger partial charge in [0.25, 0.3) is 0 Å². The van der Waals surface area contributed by atoms with Gasteiger partial charge in [0.1, 0.15) is 0 Å². The van der Waals surface area contributed by atoms with E-state index in [1.807, 2.05) is 6.07 Å². The number of anilines is 1. The third kappa shape index (κ3) is 2.51. The third-order valence-corrected chi connectivity index (χ3v) is 3.51. The van der Waals surface area contributed by atoms with Crippen LogP contribution in [-0.2, 0) is 19.5 Å². The smallest absolute Gasteiger partial charge is 0.222 e. The monoisotopic (exact) mass is 272 g/mol. The summed E-state index contributed by atoms with van der Waals surface area (Å²) in [5.41, 5.74) is 3.81. The number of hydrogen-bond donors (Lipinski definition) is 2. The van der Waals surface area contributed by atoms with Crippen LogP contribution in [0, 0.1) is 0 Å². The van der Waals surface area contributed by atoms with E-state index in [4.69, 9.17) is 5.10 Å². The van der Waals surface area contributed by atoms with Crippen LogP contribution in [0.5, 0.6) is 0 Å². The van der Waals surface area contributed by atoms with Crippen LogP contribution in [0.25, 0.3) is 0 Å². The normalized spacial score (nSPS) is 14.3. The number of nitrogens with one attached hydrogen (secondary N) is 2. The summed E-state index contributed by atoms with van der Waals surface area (Å²) < 4.78 is 2.13. The first-order chi connectivity index (χ1) is 9.75. The molecule has 0 aliphatic carbocycles. The van der Waals surface area contributed by atoms with Gasteiger partial charge in [-0.2, -0.15) is 5.10 Å². The zero-order valence-corrected chi connectivity index (χ0v) is 11.9. The third-order valence-electron chi connectivity index (χ3n) is 3.51. The predicted molar refractivity (Wildman–Crippen MR) is 77.4 cm³/mol. The fourth-order valence-electron chi connectivity index (χ4n) is 2.57. The molecule has 0 bridgehead atoms. The fourth-order valence-corrected chi connectivity index (χ4v) is 2.57. The zero-order chi connectivity index (χ0) is 13.9. The van der Waals surface area contributed by atoms with Crippen LogP contribution in [-0.4, -0.2) is 26.3 Å². The summed E-state index contributed by atoms with van der Waals surface area (Å²) in [6.45, 7) is 6.93. The van der Waals surface area contributed by atoms with E-state index in [0.29, 0.717) is 18.5 Å². The zero-order valence-electron chi connectivity index (χ0n) is 11.9. The highest BCUT2D eigenvalue weighted by Gasteiger charge is 2.21. The molecule has 2 N–H and O–H groups in total. The second-order valence-electron chi connectivity index (χ2n) is 5.26. The molecule has 0 spiro atoms. The molecular formula is C14H20N6. The molecule has 106 valence electrons. The van der Waals surface area contributed by atoms with Crippen molar-refractivity contribution in [1.82, 2.24) is 25.1 Å². The summed E-state index contributed by atoms with van der Waals surface area (Å²) >= 11 is 0. The molecule has 6 heteroatoms. The molecule has 0 aromatic carbocycles. The molecule has 2 aromatic heterocycles. The standard InChI is InChI=1S/C14H20N6/c1-10(2)20-13-9-15-7-4-11(13)12(19-20)8-18-14-16-5-3-6-17-14/h3,5-6,10,15H,4,7-9H2,1-2H3,(H,16,17,18). The highest BCUT2D eigenvalue weighted by Crippen LogP contribution is 2.22. The van der Waals surface area contributed by atoms with E-state index < -0.39 is 0 Å². The highest BCUT2D eigenvalue weighted by atomic mass is 15.3. The van der Waals surface area contributed by atoms with Gasteiger partial charge in [-0.15, -0.1) is 0 Å². The lowest BCUT2D eigenvalue weighted by molar-refractivity contribution is 0.484. The van der Waals surface area contributed by atoms with E-state index >= 15 is 0 Å². The quantitative estimate of drug-likeness (QED) is 0.883. The maximum absolute atomic E-state index is 4.77. The lowest BCUT2D eigenvalue weighted by atomic mass is 10.1. The topological polar surface area (TPSA) is 67.7 Å². The van der Waals surface area contributed by atoms with Crippen molar-refractivity contribution in [2.24, 2.45) is 0 Å². The molecule has 0 amide bonds. The van der Waals surface area contributed by atoms with Gasteiger partial charge >= 0.3 is 0 Å². The van der Waals surface area contributed by atoms with E-state index in [9.17, 15) is 0 Å². The van der Waals surface area contributed by atoms with Crippen LogP contribution in [0.3, 0.4) is 0 Å². The van der Waals surface area contributed by atoms with Gasteiger partial charge in [-0.3, -0.25) is 4.68 Å². The van der Waals surface area contributed by atoms with Gasteiger partial charge < -0.3 is 10.6 Å². The highest BCUT2D eigenvalue weighted by molar-refractivity contribution is 5.32. The maximum atomic E-state index is 4.77. The van der Waals surface area contributed by atoms with E-state index in [2.05, 4.69) is 39.1 Å². The average Bonchev–Trinajstić information content (AvgIpc) is 2.85. The van der Waals surface area contributed by atoms with Crippen molar-refractivity contribution in [2.45, 2.75) is 39.4 Å². The van der Waals surface area contributed by atoms with E-state index in [1.165, 1.54) is 11.3 Å². The molecule has 1 aliphatic heterocycles. The molecule has 0 unspecified atom stereocenters. The molecule has 0 saturated carbocycles. The second-order valence-corrected chi connectivity index (χ2v) is 5.26. The minimum atomic E-state index is 0.380. The van der Waals surface area contributed by atoms with Crippen molar-refractivity contribution in [3.8, 4) is 0 Å². The Labute approximate surface area is 118 Å². The second kappa shape index (κ2) is 5.58. The number of nitrogens with zero attached hydrogens (tertiary/aromatic N) is 4. The molecule has 3 rings (SSSR count). The summed E-state index contributed by atoms with van der Waals surface area (Å²) in [5.74, 6) is 0.647. The predicted octanol–water partition coefficient (Wildman–Crippen LogP) is 1.51. The van der Waals surface area contributed by atoms with Crippen molar-refractivity contribution >= 4 is 5.95 Å². The first kappa shape index (κ1) is 13.1. The lowest BCUT2D eigenvalue weighted by Crippen LogP contribution is -2.26. The van der Waals surface area contributed by atoms with E-state index in [1.54, 1.807) is 12.4 Å². The summed E-state index contributed by atoms with van der Waals surface area (Å²) in [6.07, 6.45) is 4.51. The number of hydrogen-bond acceptors (Lipinski definition) is 5. The van der Waals surface area contributed by atoms with Gasteiger partial charge in [-0.1, -0.05) is 0 Å². The van der Waals surface area contributed by atoms with Crippen LogP contribution in [0.2, 0.25) is 0 Å². The molecular weight excluding hydrogens is 252 g/mol. The Balaban J connectivity index is 1.82. The SMILES string of the molecule is CC(C)n1nc(CNc2ncccn2)c2c1CNCC2. The Kier molecular flexibility index (Phi) is 3.64. The Morgan fingerprint density at radius 1 is 1.35 bits per heavy atom. The van der Waals surface area contributed by atoms with Gasteiger partial charge in [0.05, 0.1) is 17.9 Å². The Morgan fingerprint density at radius 3 is 2.90 bits per heavy atom. The lowest BCUT2D eigenvalue weighted by Gasteiger charge is -2.17.